The van der Waals surface area contributed by atoms with E-state index in [9.17, 15) is 0 Å². The topological polar surface area (TPSA) is 48.0 Å². The van der Waals surface area contributed by atoms with E-state index in [0.29, 0.717) is 6.42 Å². The summed E-state index contributed by atoms with van der Waals surface area (Å²) in [5.74, 6) is 0.859. The Morgan fingerprint density at radius 2 is 0.769 bits per heavy atom. The van der Waals surface area contributed by atoms with Gasteiger partial charge in [0.15, 0.2) is 0 Å². The summed E-state index contributed by atoms with van der Waals surface area (Å²) in [5, 5.41) is 0. The number of hydrogen-bond donors (Lipinski definition) is 0. The molecule has 1 aliphatic rings. The van der Waals surface area contributed by atoms with Gasteiger partial charge in [-0.25, -0.2) is 15.0 Å². The molecular formula is C60H39N5. The van der Waals surface area contributed by atoms with Crippen LogP contribution in [0.15, 0.2) is 224 Å². The van der Waals surface area contributed by atoms with Crippen LogP contribution in [0.5, 0.6) is 0 Å². The smallest absolute Gasteiger partial charge is 0.220 e. The van der Waals surface area contributed by atoms with Gasteiger partial charge in [0.1, 0.15) is 0 Å². The monoisotopic (exact) mass is 829 g/mol. The molecule has 0 N–H and O–H groups in total. The Labute approximate surface area is 376 Å². The van der Waals surface area contributed by atoms with Gasteiger partial charge in [-0.3, -0.25) is 8.97 Å². The highest BCUT2D eigenvalue weighted by Gasteiger charge is 2.25. The third-order valence-corrected chi connectivity index (χ3v) is 13.0. The first-order valence-corrected chi connectivity index (χ1v) is 22.2. The zero-order valence-electron chi connectivity index (χ0n) is 35.3. The summed E-state index contributed by atoms with van der Waals surface area (Å²) in [6.07, 6.45) is 0.540. The summed E-state index contributed by atoms with van der Waals surface area (Å²) in [4.78, 5) is 16.7. The van der Waals surface area contributed by atoms with Crippen molar-refractivity contribution in [2.45, 2.75) is 6.42 Å². The lowest BCUT2D eigenvalue weighted by Crippen LogP contribution is -2.05. The first-order valence-electron chi connectivity index (χ1n) is 22.2. The van der Waals surface area contributed by atoms with Gasteiger partial charge in [0.25, 0.3) is 0 Å². The number of hydrogen-bond acceptors (Lipinski definition) is 3. The molecule has 0 spiro atoms. The number of benzene rings is 9. The van der Waals surface area contributed by atoms with Crippen molar-refractivity contribution in [2.75, 3.05) is 0 Å². The fraction of sp³-hybridized carbons (Fsp3) is 0.0167. The molecule has 13 rings (SSSR count). The standard InChI is InChI=1S/C60H39N5/c1-4-19-39(20-5-1)56-52(61-58(40-21-6-2-7-22-40)59(62-56)41-23-8-3-9-24-41)37-42-25-18-34-55-57(42)63-60-64(53-32-16-17-33-54(53)65(55)60)43-35-36-50-48-30-13-12-28-46(48)44-26-10-11-27-45(44)47-29-14-15-31-49(47)51(50)38-43/h1-36,38H,37H2. The Hall–Kier alpha value is -8.67. The number of fused-ring (bicyclic) bond motifs is 13. The van der Waals surface area contributed by atoms with Gasteiger partial charge in [0, 0.05) is 28.8 Å². The quantitative estimate of drug-likeness (QED) is 0.168. The summed E-state index contributed by atoms with van der Waals surface area (Å²) in [5.41, 5.74) is 22.6. The zero-order chi connectivity index (χ0) is 42.8. The summed E-state index contributed by atoms with van der Waals surface area (Å²) in [6, 6.07) is 79.8. The highest BCUT2D eigenvalue weighted by Crippen LogP contribution is 2.48. The molecule has 12 aromatic rings. The largest absolute Gasteiger partial charge is 0.278 e. The molecule has 65 heavy (non-hydrogen) atoms. The first kappa shape index (κ1) is 36.9. The number of nitrogens with zero attached hydrogens (tertiary/aromatic N) is 5. The Morgan fingerprint density at radius 1 is 0.323 bits per heavy atom. The molecule has 9 aromatic carbocycles. The maximum Gasteiger partial charge on any atom is 0.220 e. The minimum atomic E-state index is 0.540. The van der Waals surface area contributed by atoms with Crippen molar-refractivity contribution in [3.05, 3.63) is 236 Å². The minimum Gasteiger partial charge on any atom is -0.278 e. The van der Waals surface area contributed by atoms with Crippen molar-refractivity contribution in [3.8, 4) is 84.0 Å². The Balaban J connectivity index is 1.02. The molecule has 0 amide bonds. The molecule has 3 aromatic heterocycles. The lowest BCUT2D eigenvalue weighted by molar-refractivity contribution is 1.05. The van der Waals surface area contributed by atoms with Crippen LogP contribution in [0.25, 0.3) is 112 Å². The van der Waals surface area contributed by atoms with E-state index in [4.69, 9.17) is 15.0 Å². The van der Waals surface area contributed by atoms with Crippen molar-refractivity contribution < 1.29 is 0 Å². The molecule has 0 fully saturated rings. The van der Waals surface area contributed by atoms with Crippen LogP contribution in [0.3, 0.4) is 0 Å². The number of para-hydroxylation sites is 3. The molecule has 304 valence electrons. The molecule has 5 nitrogen and oxygen atoms in total. The maximum absolute atomic E-state index is 5.61. The van der Waals surface area contributed by atoms with Crippen molar-refractivity contribution in [1.29, 1.82) is 0 Å². The van der Waals surface area contributed by atoms with E-state index < -0.39 is 0 Å². The van der Waals surface area contributed by atoms with Crippen molar-refractivity contribution in [1.82, 2.24) is 23.9 Å². The number of imidazole rings is 2. The third-order valence-electron chi connectivity index (χ3n) is 13.0. The van der Waals surface area contributed by atoms with Crippen molar-refractivity contribution >= 4 is 27.8 Å². The second kappa shape index (κ2) is 15.0. The van der Waals surface area contributed by atoms with Gasteiger partial charge in [0.2, 0.25) is 5.78 Å². The molecule has 3 heterocycles. The lowest BCUT2D eigenvalue weighted by Gasteiger charge is -2.23. The summed E-state index contributed by atoms with van der Waals surface area (Å²) in [6.45, 7) is 0. The normalized spacial score (nSPS) is 11.8. The van der Waals surface area contributed by atoms with Gasteiger partial charge in [0.05, 0.1) is 44.8 Å². The lowest BCUT2D eigenvalue weighted by atomic mass is 9.81. The SMILES string of the molecule is c1ccc(-c2nc(-c3ccccc3)c(-c3ccccc3)nc2Cc2cccc3c2nc2n(-c4ccc5c(c4)-c4ccccc4-c4ccccc4-c4ccccc4-5)c4ccccc4n32)cc1. The highest BCUT2D eigenvalue weighted by molar-refractivity contribution is 6.04. The Morgan fingerprint density at radius 3 is 1.34 bits per heavy atom. The van der Waals surface area contributed by atoms with E-state index in [1.807, 2.05) is 18.2 Å². The molecule has 1 aliphatic carbocycles. The van der Waals surface area contributed by atoms with E-state index in [2.05, 4.69) is 215 Å². The molecule has 0 radical (unpaired) electrons. The fourth-order valence-corrected chi connectivity index (χ4v) is 10.1. The molecule has 0 unspecified atom stereocenters. The van der Waals surface area contributed by atoms with Gasteiger partial charge in [-0.05, 0) is 80.4 Å². The van der Waals surface area contributed by atoms with Crippen LogP contribution in [0.4, 0.5) is 0 Å². The van der Waals surface area contributed by atoms with Crippen LogP contribution in [0.2, 0.25) is 0 Å². The van der Waals surface area contributed by atoms with Crippen molar-refractivity contribution in [2.24, 2.45) is 0 Å². The van der Waals surface area contributed by atoms with E-state index in [1.165, 1.54) is 44.5 Å². The predicted octanol–water partition coefficient (Wildman–Crippen LogP) is 14.8. The van der Waals surface area contributed by atoms with Crippen LogP contribution >= 0.6 is 0 Å². The van der Waals surface area contributed by atoms with Gasteiger partial charge in [-0.15, -0.1) is 0 Å². The van der Waals surface area contributed by atoms with E-state index in [1.54, 1.807) is 0 Å². The molecule has 5 heteroatoms. The summed E-state index contributed by atoms with van der Waals surface area (Å²) in [7, 11) is 0. The molecular weight excluding hydrogens is 791 g/mol. The second-order valence-electron chi connectivity index (χ2n) is 16.7. The van der Waals surface area contributed by atoms with Gasteiger partial charge in [-0.2, -0.15) is 0 Å². The van der Waals surface area contributed by atoms with E-state index >= 15 is 0 Å². The Kier molecular flexibility index (Phi) is 8.53. The van der Waals surface area contributed by atoms with Crippen LogP contribution in [0, 0.1) is 0 Å². The first-order chi connectivity index (χ1) is 32.3. The molecule has 0 saturated carbocycles. The predicted molar refractivity (Wildman–Crippen MR) is 266 cm³/mol. The van der Waals surface area contributed by atoms with Crippen molar-refractivity contribution in [3.63, 3.8) is 0 Å². The minimum absolute atomic E-state index is 0.540. The van der Waals surface area contributed by atoms with Gasteiger partial charge < -0.3 is 0 Å². The number of aromatic nitrogens is 5. The summed E-state index contributed by atoms with van der Waals surface area (Å²) < 4.78 is 4.65. The van der Waals surface area contributed by atoms with Gasteiger partial charge in [-0.1, -0.05) is 194 Å². The second-order valence-corrected chi connectivity index (χ2v) is 16.7. The zero-order valence-corrected chi connectivity index (χ0v) is 35.3. The third kappa shape index (κ3) is 5.97. The van der Waals surface area contributed by atoms with Crippen LogP contribution < -0.4 is 0 Å². The average molecular weight is 830 g/mol. The molecule has 0 aliphatic heterocycles. The molecule has 0 bridgehead atoms. The van der Waals surface area contributed by atoms with Crippen LogP contribution in [-0.4, -0.2) is 23.9 Å². The van der Waals surface area contributed by atoms with E-state index in [-0.39, 0.29) is 0 Å². The van der Waals surface area contributed by atoms with E-state index in [0.717, 1.165) is 78.6 Å². The maximum atomic E-state index is 5.61. The molecule has 0 saturated heterocycles. The highest BCUT2D eigenvalue weighted by atomic mass is 15.2. The van der Waals surface area contributed by atoms with Crippen LogP contribution in [-0.2, 0) is 6.42 Å². The average Bonchev–Trinajstić information content (AvgIpc) is 3.92. The van der Waals surface area contributed by atoms with Crippen LogP contribution in [0.1, 0.15) is 11.3 Å². The fourth-order valence-electron chi connectivity index (χ4n) is 10.1. The number of rotatable bonds is 6. The summed E-state index contributed by atoms with van der Waals surface area (Å²) >= 11 is 0. The molecule has 0 atom stereocenters. The van der Waals surface area contributed by atoms with Gasteiger partial charge >= 0.3 is 0 Å². The Bertz CT molecular complexity index is 3780.